The molecule has 1 heterocycles. The van der Waals surface area contributed by atoms with Gasteiger partial charge >= 0.3 is 5.97 Å². The third kappa shape index (κ3) is 5.63. The summed E-state index contributed by atoms with van der Waals surface area (Å²) < 4.78 is 0. The van der Waals surface area contributed by atoms with Crippen molar-refractivity contribution in [2.75, 3.05) is 0 Å². The van der Waals surface area contributed by atoms with E-state index in [0.717, 1.165) is 23.9 Å². The lowest BCUT2D eigenvalue weighted by Crippen LogP contribution is -2.27. The van der Waals surface area contributed by atoms with E-state index in [1.165, 1.54) is 10.9 Å². The summed E-state index contributed by atoms with van der Waals surface area (Å²) in [7, 11) is 0. The maximum absolute atomic E-state index is 11.6. The third-order valence-electron chi connectivity index (χ3n) is 4.98. The molecule has 2 atom stereocenters. The summed E-state index contributed by atoms with van der Waals surface area (Å²) in [5.41, 5.74) is 2.30. The fraction of sp³-hybridized carbons (Fsp3) is 0.304. The molecule has 0 fully saturated rings. The van der Waals surface area contributed by atoms with E-state index in [1.807, 2.05) is 42.6 Å². The Morgan fingerprint density at radius 1 is 1.04 bits per heavy atom. The van der Waals surface area contributed by atoms with Crippen LogP contribution in [-0.4, -0.2) is 22.1 Å². The van der Waals surface area contributed by atoms with Gasteiger partial charge in [-0.25, -0.2) is 0 Å². The van der Waals surface area contributed by atoms with Gasteiger partial charge in [-0.05, 0) is 54.8 Å². The average Bonchev–Trinajstić information content (AvgIpc) is 2.70. The second kappa shape index (κ2) is 9.28. The number of hydrogen-bond donors (Lipinski definition) is 2. The van der Waals surface area contributed by atoms with Crippen molar-refractivity contribution in [1.82, 2.24) is 10.3 Å². The van der Waals surface area contributed by atoms with Crippen molar-refractivity contribution in [2.45, 2.75) is 38.8 Å². The zero-order valence-corrected chi connectivity index (χ0v) is 15.6. The molecular formula is C23H26N2O2. The van der Waals surface area contributed by atoms with Crippen LogP contribution in [0.15, 0.2) is 67.0 Å². The molecule has 0 saturated carbocycles. The minimum Gasteiger partial charge on any atom is -0.481 e. The smallest absolute Gasteiger partial charge is 0.306 e. The van der Waals surface area contributed by atoms with E-state index in [0.29, 0.717) is 12.8 Å². The molecule has 0 radical (unpaired) electrons. The van der Waals surface area contributed by atoms with Gasteiger partial charge in [0.2, 0.25) is 0 Å². The van der Waals surface area contributed by atoms with Crippen LogP contribution in [0.4, 0.5) is 0 Å². The fourth-order valence-electron chi connectivity index (χ4n) is 3.30. The van der Waals surface area contributed by atoms with E-state index in [9.17, 15) is 9.90 Å². The Kier molecular flexibility index (Phi) is 6.55. The van der Waals surface area contributed by atoms with Crippen LogP contribution >= 0.6 is 0 Å². The van der Waals surface area contributed by atoms with Gasteiger partial charge in [-0.15, -0.1) is 0 Å². The first kappa shape index (κ1) is 19.1. The third-order valence-corrected chi connectivity index (χ3v) is 4.98. The highest BCUT2D eigenvalue weighted by Crippen LogP contribution is 2.17. The van der Waals surface area contributed by atoms with Crippen LogP contribution < -0.4 is 5.32 Å². The van der Waals surface area contributed by atoms with Crippen molar-refractivity contribution < 1.29 is 9.90 Å². The minimum atomic E-state index is -0.714. The number of aromatic nitrogens is 1. The number of nitrogens with zero attached hydrogens (tertiary/aromatic N) is 1. The van der Waals surface area contributed by atoms with Crippen LogP contribution in [0.2, 0.25) is 0 Å². The molecule has 1 aromatic heterocycles. The van der Waals surface area contributed by atoms with Crippen LogP contribution in [0.1, 0.15) is 30.9 Å². The van der Waals surface area contributed by atoms with Crippen LogP contribution in [0.3, 0.4) is 0 Å². The van der Waals surface area contributed by atoms with Gasteiger partial charge < -0.3 is 10.4 Å². The number of rotatable bonds is 9. The Bertz CT molecular complexity index is 880. The standard InChI is InChI=1S/C23H26N2O2/c1-17(7-9-21(23(26)27)13-18-5-3-2-4-6-18)25-15-19-8-10-22-16-24-12-11-20(22)14-19/h2-6,8,10-12,14,16-17,21,25H,7,9,13,15H2,1H3,(H,26,27)/t17-,21+/m1/s1. The van der Waals surface area contributed by atoms with Crippen LogP contribution in [0.25, 0.3) is 10.8 Å². The predicted molar refractivity (Wildman–Crippen MR) is 109 cm³/mol. The van der Waals surface area contributed by atoms with Gasteiger partial charge in [-0.3, -0.25) is 9.78 Å². The molecule has 0 unspecified atom stereocenters. The number of aliphatic carboxylic acids is 1. The van der Waals surface area contributed by atoms with E-state index in [2.05, 4.69) is 35.4 Å². The number of carboxylic acid groups (broad SMARTS) is 1. The number of benzene rings is 2. The minimum absolute atomic E-state index is 0.260. The molecule has 0 aliphatic rings. The van der Waals surface area contributed by atoms with Gasteiger partial charge in [0, 0.05) is 30.4 Å². The monoisotopic (exact) mass is 362 g/mol. The van der Waals surface area contributed by atoms with E-state index < -0.39 is 5.97 Å². The highest BCUT2D eigenvalue weighted by atomic mass is 16.4. The van der Waals surface area contributed by atoms with Gasteiger partial charge in [-0.2, -0.15) is 0 Å². The quantitative estimate of drug-likeness (QED) is 0.591. The second-order valence-electron chi connectivity index (χ2n) is 7.14. The number of carboxylic acids is 1. The lowest BCUT2D eigenvalue weighted by molar-refractivity contribution is -0.142. The first-order valence-electron chi connectivity index (χ1n) is 9.44. The topological polar surface area (TPSA) is 62.2 Å². The lowest BCUT2D eigenvalue weighted by Gasteiger charge is -2.17. The Morgan fingerprint density at radius 2 is 1.85 bits per heavy atom. The van der Waals surface area contributed by atoms with Gasteiger partial charge in [0.05, 0.1) is 5.92 Å². The van der Waals surface area contributed by atoms with Gasteiger partial charge in [0.1, 0.15) is 0 Å². The summed E-state index contributed by atoms with van der Waals surface area (Å²) in [5, 5.41) is 15.4. The normalized spacial score (nSPS) is 13.4. The van der Waals surface area contributed by atoms with Crippen molar-refractivity contribution in [3.8, 4) is 0 Å². The summed E-state index contributed by atoms with van der Waals surface area (Å²) >= 11 is 0. The summed E-state index contributed by atoms with van der Waals surface area (Å²) in [6.45, 7) is 2.89. The van der Waals surface area contributed by atoms with Crippen LogP contribution in [-0.2, 0) is 17.8 Å². The van der Waals surface area contributed by atoms with E-state index in [1.54, 1.807) is 6.20 Å². The number of fused-ring (bicyclic) bond motifs is 1. The largest absolute Gasteiger partial charge is 0.481 e. The molecule has 2 aromatic carbocycles. The van der Waals surface area contributed by atoms with Crippen molar-refractivity contribution in [2.24, 2.45) is 5.92 Å². The maximum atomic E-state index is 11.6. The Morgan fingerprint density at radius 3 is 2.63 bits per heavy atom. The van der Waals surface area contributed by atoms with Crippen molar-refractivity contribution >= 4 is 16.7 Å². The lowest BCUT2D eigenvalue weighted by atomic mass is 9.93. The van der Waals surface area contributed by atoms with E-state index >= 15 is 0 Å². The number of nitrogens with one attached hydrogen (secondary N) is 1. The molecule has 4 heteroatoms. The average molecular weight is 362 g/mol. The van der Waals surface area contributed by atoms with Gasteiger partial charge in [-0.1, -0.05) is 42.5 Å². The summed E-state index contributed by atoms with van der Waals surface area (Å²) in [6.07, 6.45) is 5.76. The van der Waals surface area contributed by atoms with Crippen molar-refractivity contribution in [3.05, 3.63) is 78.1 Å². The Balaban J connectivity index is 1.50. The van der Waals surface area contributed by atoms with Crippen LogP contribution in [0.5, 0.6) is 0 Å². The molecule has 4 nitrogen and oxygen atoms in total. The summed E-state index contributed by atoms with van der Waals surface area (Å²) in [6, 6.07) is 18.5. The molecule has 0 saturated heterocycles. The molecule has 0 amide bonds. The first-order chi connectivity index (χ1) is 13.1. The number of carbonyl (C=O) groups is 1. The first-order valence-corrected chi connectivity index (χ1v) is 9.44. The van der Waals surface area contributed by atoms with E-state index in [4.69, 9.17) is 0 Å². The Labute approximate surface area is 160 Å². The Hall–Kier alpha value is -2.72. The molecule has 27 heavy (non-hydrogen) atoms. The SMILES string of the molecule is C[C@H](CC[C@@H](Cc1ccccc1)C(=O)O)NCc1ccc2cnccc2c1. The van der Waals surface area contributed by atoms with Crippen LogP contribution in [0, 0.1) is 5.92 Å². The fourth-order valence-corrected chi connectivity index (χ4v) is 3.30. The predicted octanol–water partition coefficient (Wildman–Crippen LogP) is 4.44. The highest BCUT2D eigenvalue weighted by Gasteiger charge is 2.18. The molecule has 3 rings (SSSR count). The number of pyridine rings is 1. The molecule has 0 bridgehead atoms. The molecule has 140 valence electrons. The van der Waals surface area contributed by atoms with Crippen molar-refractivity contribution in [1.29, 1.82) is 0 Å². The molecule has 0 aliphatic carbocycles. The zero-order chi connectivity index (χ0) is 19.1. The zero-order valence-electron chi connectivity index (χ0n) is 15.6. The second-order valence-corrected chi connectivity index (χ2v) is 7.14. The maximum Gasteiger partial charge on any atom is 0.306 e. The van der Waals surface area contributed by atoms with Crippen molar-refractivity contribution in [3.63, 3.8) is 0 Å². The van der Waals surface area contributed by atoms with E-state index in [-0.39, 0.29) is 12.0 Å². The summed E-state index contributed by atoms with van der Waals surface area (Å²) in [4.78, 5) is 15.7. The highest BCUT2D eigenvalue weighted by molar-refractivity contribution is 5.81. The number of hydrogen-bond acceptors (Lipinski definition) is 3. The molecular weight excluding hydrogens is 336 g/mol. The van der Waals surface area contributed by atoms with Gasteiger partial charge in [0.25, 0.3) is 0 Å². The molecule has 2 N–H and O–H groups in total. The molecule has 0 aliphatic heterocycles. The van der Waals surface area contributed by atoms with Gasteiger partial charge in [0.15, 0.2) is 0 Å². The molecule has 0 spiro atoms. The molecule has 3 aromatic rings. The summed E-state index contributed by atoms with van der Waals surface area (Å²) in [5.74, 6) is -1.06.